The van der Waals surface area contributed by atoms with Gasteiger partial charge in [0.25, 0.3) is 0 Å². The number of rotatable bonds is 2. The van der Waals surface area contributed by atoms with Gasteiger partial charge < -0.3 is 9.59 Å². The zero-order chi connectivity index (χ0) is 13.3. The Morgan fingerprint density at radius 3 is 2.26 bits per heavy atom. The van der Waals surface area contributed by atoms with Crippen molar-refractivity contribution in [2.24, 2.45) is 0 Å². The van der Waals surface area contributed by atoms with Gasteiger partial charge in [0.05, 0.1) is 0 Å². The van der Waals surface area contributed by atoms with Gasteiger partial charge in [0.2, 0.25) is 0 Å². The van der Waals surface area contributed by atoms with Gasteiger partial charge in [-0.05, 0) is 12.5 Å². The first-order valence-electron chi connectivity index (χ1n) is 5.46. The first kappa shape index (κ1) is 17.7. The number of allylic oxidation sites excluding steroid dienone is 1. The van der Waals surface area contributed by atoms with Crippen LogP contribution in [0.25, 0.3) is 0 Å². The van der Waals surface area contributed by atoms with Gasteiger partial charge in [0.15, 0.2) is 0 Å². The van der Waals surface area contributed by atoms with E-state index in [1.165, 1.54) is 23.5 Å². The molecule has 0 aliphatic heterocycles. The molecule has 0 unspecified atom stereocenters. The molecule has 0 aromatic heterocycles. The normalized spacial score (nSPS) is 14.1. The SMILES string of the molecule is CSC(SC)=C1C(=O)c2ccccc2[C-](C)C1=O.[Rb+]. The summed E-state index contributed by atoms with van der Waals surface area (Å²) in [5.41, 5.74) is 1.72. The predicted molar refractivity (Wildman–Crippen MR) is 77.9 cm³/mol. The molecule has 0 radical (unpaired) electrons. The van der Waals surface area contributed by atoms with E-state index in [0.29, 0.717) is 17.1 Å². The summed E-state index contributed by atoms with van der Waals surface area (Å²) in [7, 11) is 0. The summed E-state index contributed by atoms with van der Waals surface area (Å²) in [5.74, 6) is 0.359. The Hall–Kier alpha value is 0.675. The Kier molecular flexibility index (Phi) is 7.11. The van der Waals surface area contributed by atoms with E-state index < -0.39 is 0 Å². The van der Waals surface area contributed by atoms with E-state index >= 15 is 0 Å². The van der Waals surface area contributed by atoms with Gasteiger partial charge in [0, 0.05) is 9.81 Å². The molecule has 0 N–H and O–H groups in total. The second kappa shape index (κ2) is 7.62. The largest absolute Gasteiger partial charge is 1.00 e. The minimum atomic E-state index is -0.153. The molecule has 0 bridgehead atoms. The summed E-state index contributed by atoms with van der Waals surface area (Å²) in [5, 5.41) is 0. The van der Waals surface area contributed by atoms with Crippen molar-refractivity contribution in [3.05, 3.63) is 51.1 Å². The van der Waals surface area contributed by atoms with Gasteiger partial charge in [-0.3, -0.25) is 0 Å². The van der Waals surface area contributed by atoms with Crippen LogP contribution < -0.4 is 58.2 Å². The molecule has 0 spiro atoms. The number of benzene rings is 1. The molecule has 2 rings (SSSR count). The van der Waals surface area contributed by atoms with Crippen LogP contribution in [0.3, 0.4) is 0 Å². The van der Waals surface area contributed by atoms with E-state index in [9.17, 15) is 9.59 Å². The Morgan fingerprint density at radius 2 is 1.68 bits per heavy atom. The number of carbonyl (C=O) groups excluding carboxylic acids is 2. The molecular formula is C14H13O2RbS2. The monoisotopic (exact) mass is 362 g/mol. The van der Waals surface area contributed by atoms with Crippen LogP contribution in [0.5, 0.6) is 0 Å². The number of fused-ring (bicyclic) bond motifs is 1. The number of Topliss-reactive ketones (excluding diaryl/α,β-unsaturated/α-hetero) is 2. The van der Waals surface area contributed by atoms with Crippen molar-refractivity contribution in [3.63, 3.8) is 0 Å². The van der Waals surface area contributed by atoms with E-state index in [1.54, 1.807) is 13.0 Å². The molecule has 1 aromatic carbocycles. The molecule has 5 heteroatoms. The molecule has 0 atom stereocenters. The average molecular weight is 363 g/mol. The van der Waals surface area contributed by atoms with Gasteiger partial charge in [-0.1, -0.05) is 30.5 Å². The molecule has 0 saturated carbocycles. The quantitative estimate of drug-likeness (QED) is 0.431. The van der Waals surface area contributed by atoms with Crippen molar-refractivity contribution in [2.75, 3.05) is 12.5 Å². The van der Waals surface area contributed by atoms with Crippen LogP contribution in [0.4, 0.5) is 0 Å². The third kappa shape index (κ3) is 3.30. The van der Waals surface area contributed by atoms with E-state index in [4.69, 9.17) is 0 Å². The summed E-state index contributed by atoms with van der Waals surface area (Å²) in [4.78, 5) is 24.7. The third-order valence-corrected chi connectivity index (χ3v) is 5.10. The molecule has 1 aliphatic carbocycles. The predicted octanol–water partition coefficient (Wildman–Crippen LogP) is 0.336. The van der Waals surface area contributed by atoms with Crippen molar-refractivity contribution in [3.8, 4) is 0 Å². The third-order valence-electron chi connectivity index (χ3n) is 2.95. The Morgan fingerprint density at radius 1 is 1.11 bits per heavy atom. The molecule has 1 aliphatic rings. The fourth-order valence-corrected chi connectivity index (χ4v) is 3.47. The Bertz CT molecular complexity index is 546. The van der Waals surface area contributed by atoms with Crippen molar-refractivity contribution in [2.45, 2.75) is 6.92 Å². The Balaban J connectivity index is 0.00000180. The maximum absolute atomic E-state index is 12.4. The van der Waals surface area contributed by atoms with Gasteiger partial charge in [-0.25, -0.2) is 0 Å². The molecule has 0 heterocycles. The number of hydrogen-bond acceptors (Lipinski definition) is 4. The molecule has 94 valence electrons. The maximum Gasteiger partial charge on any atom is 1.00 e. The van der Waals surface area contributed by atoms with E-state index in [-0.39, 0.29) is 69.8 Å². The minimum absolute atomic E-state index is 0. The summed E-state index contributed by atoms with van der Waals surface area (Å²) in [6.07, 6.45) is 3.77. The smallest absolute Gasteiger partial charge is 0.311 e. The second-order valence-electron chi connectivity index (χ2n) is 3.90. The van der Waals surface area contributed by atoms with Gasteiger partial charge in [-0.2, -0.15) is 0 Å². The van der Waals surface area contributed by atoms with Crippen molar-refractivity contribution >= 4 is 35.1 Å². The first-order valence-corrected chi connectivity index (χ1v) is 7.91. The van der Waals surface area contributed by atoms with Gasteiger partial charge >= 0.3 is 58.2 Å². The first-order chi connectivity index (χ1) is 8.61. The summed E-state index contributed by atoms with van der Waals surface area (Å²) in [6.45, 7) is 1.78. The van der Waals surface area contributed by atoms with Crippen LogP contribution in [0, 0.1) is 5.92 Å². The van der Waals surface area contributed by atoms with E-state index in [0.717, 1.165) is 9.80 Å². The number of ketones is 2. The van der Waals surface area contributed by atoms with Gasteiger partial charge in [0.1, 0.15) is 11.6 Å². The van der Waals surface area contributed by atoms with Crippen LogP contribution in [-0.4, -0.2) is 24.1 Å². The van der Waals surface area contributed by atoms with Gasteiger partial charge in [-0.15, -0.1) is 41.2 Å². The van der Waals surface area contributed by atoms with E-state index in [2.05, 4.69) is 0 Å². The molecule has 0 fully saturated rings. The molecule has 19 heavy (non-hydrogen) atoms. The van der Waals surface area contributed by atoms with Crippen LogP contribution in [0.1, 0.15) is 22.8 Å². The Labute approximate surface area is 171 Å². The number of thioether (sulfide) groups is 2. The second-order valence-corrected chi connectivity index (χ2v) is 5.79. The molecule has 0 saturated heterocycles. The van der Waals surface area contributed by atoms with Crippen LogP contribution >= 0.6 is 23.5 Å². The minimum Gasteiger partial charge on any atom is -0.311 e. The maximum atomic E-state index is 12.4. The summed E-state index contributed by atoms with van der Waals surface area (Å²) >= 11 is 2.90. The summed E-state index contributed by atoms with van der Waals surface area (Å²) in [6, 6.07) is 7.29. The van der Waals surface area contributed by atoms with Crippen LogP contribution in [-0.2, 0) is 4.79 Å². The fraction of sp³-hybridized carbons (Fsp3) is 0.214. The van der Waals surface area contributed by atoms with Crippen LogP contribution in [0.15, 0.2) is 34.1 Å². The van der Waals surface area contributed by atoms with E-state index in [1.807, 2.05) is 30.7 Å². The topological polar surface area (TPSA) is 34.1 Å². The molecule has 0 amide bonds. The number of carbonyl (C=O) groups is 2. The van der Waals surface area contributed by atoms with Crippen LogP contribution in [0.2, 0.25) is 0 Å². The number of hydrogen-bond donors (Lipinski definition) is 0. The zero-order valence-electron chi connectivity index (χ0n) is 11.4. The van der Waals surface area contributed by atoms with Crippen molar-refractivity contribution in [1.82, 2.24) is 0 Å². The summed E-state index contributed by atoms with van der Waals surface area (Å²) < 4.78 is 0.791. The molecular weight excluding hydrogens is 350 g/mol. The average Bonchev–Trinajstić information content (AvgIpc) is 2.41. The standard InChI is InChI=1S/C14H13O2S2.Rb/c1-8-9-6-4-5-7-10(9)13(16)11(12(8)15)14(17-2)18-3;/h4-7H,1-3H3;/q-1;+1. The zero-order valence-corrected chi connectivity index (χ0v) is 18.0. The molecule has 2 nitrogen and oxygen atoms in total. The molecule has 1 aromatic rings. The fourth-order valence-electron chi connectivity index (χ4n) is 2.03. The van der Waals surface area contributed by atoms with Crippen molar-refractivity contribution in [1.29, 1.82) is 0 Å². The van der Waals surface area contributed by atoms with Crippen molar-refractivity contribution < 1.29 is 67.8 Å².